The van der Waals surface area contributed by atoms with Gasteiger partial charge in [0.15, 0.2) is 0 Å². The van der Waals surface area contributed by atoms with Crippen molar-refractivity contribution < 1.29 is 0 Å². The summed E-state index contributed by atoms with van der Waals surface area (Å²) in [6.45, 7) is 7.26. The molecule has 0 radical (unpaired) electrons. The molecule has 0 saturated carbocycles. The van der Waals surface area contributed by atoms with Crippen molar-refractivity contribution in [1.29, 1.82) is 0 Å². The number of hydrogen-bond donors (Lipinski definition) is 0. The molecular formula is C14H13NS. The van der Waals surface area contributed by atoms with Gasteiger partial charge in [-0.3, -0.25) is 0 Å². The van der Waals surface area contributed by atoms with Crippen LogP contribution in [-0.4, -0.2) is 6.54 Å². The van der Waals surface area contributed by atoms with Gasteiger partial charge in [0.1, 0.15) is 0 Å². The van der Waals surface area contributed by atoms with Crippen molar-refractivity contribution in [3.63, 3.8) is 0 Å². The normalized spacial score (nSPS) is 14.6. The monoisotopic (exact) mass is 227 g/mol. The Morgan fingerprint density at radius 3 is 2.81 bits per heavy atom. The molecule has 0 saturated heterocycles. The van der Waals surface area contributed by atoms with Crippen LogP contribution in [0.25, 0.3) is 10.8 Å². The second-order valence-corrected chi connectivity index (χ2v) is 4.96. The van der Waals surface area contributed by atoms with Gasteiger partial charge >= 0.3 is 0 Å². The van der Waals surface area contributed by atoms with Gasteiger partial charge in [0.05, 0.1) is 10.7 Å². The Labute approximate surface area is 99.8 Å². The lowest BCUT2D eigenvalue weighted by atomic mass is 10.1. The summed E-state index contributed by atoms with van der Waals surface area (Å²) in [6, 6.07) is 12.9. The number of hydrogen-bond acceptors (Lipinski definition) is 2. The zero-order valence-corrected chi connectivity index (χ0v) is 10.1. The maximum atomic E-state index is 4.12. The lowest BCUT2D eigenvalue weighted by Gasteiger charge is -2.16. The lowest BCUT2D eigenvalue weighted by molar-refractivity contribution is 1.01. The first kappa shape index (κ1) is 9.79. The summed E-state index contributed by atoms with van der Waals surface area (Å²) < 4.78 is 0. The van der Waals surface area contributed by atoms with E-state index in [1.54, 1.807) is 11.8 Å². The zero-order chi connectivity index (χ0) is 11.1. The molecule has 0 spiro atoms. The first-order valence-corrected chi connectivity index (χ1v) is 6.29. The van der Waals surface area contributed by atoms with Crippen LogP contribution >= 0.6 is 11.8 Å². The SMILES string of the molecule is C=C1Sc2c(ccc3ccccc23)N1CC. The Bertz CT molecular complexity index is 574. The average Bonchev–Trinajstić information content (AvgIpc) is 2.65. The molecule has 0 bridgehead atoms. The molecule has 1 aliphatic heterocycles. The van der Waals surface area contributed by atoms with Crippen LogP contribution in [0.4, 0.5) is 5.69 Å². The first-order chi connectivity index (χ1) is 7.81. The molecule has 0 fully saturated rings. The van der Waals surface area contributed by atoms with Crippen molar-refractivity contribution in [3.05, 3.63) is 48.0 Å². The molecule has 0 N–H and O–H groups in total. The Kier molecular flexibility index (Phi) is 2.18. The first-order valence-electron chi connectivity index (χ1n) is 5.47. The Morgan fingerprint density at radius 1 is 1.19 bits per heavy atom. The summed E-state index contributed by atoms with van der Waals surface area (Å²) >= 11 is 1.78. The molecule has 0 aliphatic carbocycles. The smallest absolute Gasteiger partial charge is 0.0728 e. The summed E-state index contributed by atoms with van der Waals surface area (Å²) in [6.07, 6.45) is 0. The van der Waals surface area contributed by atoms with E-state index in [1.165, 1.54) is 21.4 Å². The second-order valence-electron chi connectivity index (χ2n) is 3.88. The number of thioether (sulfide) groups is 1. The molecule has 2 aromatic rings. The molecule has 80 valence electrons. The molecule has 16 heavy (non-hydrogen) atoms. The number of anilines is 1. The van der Waals surface area contributed by atoms with Gasteiger partial charge in [-0.05, 0) is 23.8 Å². The van der Waals surface area contributed by atoms with Crippen LogP contribution in [0.1, 0.15) is 6.92 Å². The fourth-order valence-corrected chi connectivity index (χ4v) is 3.36. The molecule has 2 heteroatoms. The van der Waals surface area contributed by atoms with Crippen molar-refractivity contribution in [1.82, 2.24) is 0 Å². The third kappa shape index (κ3) is 1.26. The van der Waals surface area contributed by atoms with E-state index >= 15 is 0 Å². The van der Waals surface area contributed by atoms with Crippen LogP contribution < -0.4 is 4.90 Å². The highest BCUT2D eigenvalue weighted by atomic mass is 32.2. The fraction of sp³-hybridized carbons (Fsp3) is 0.143. The average molecular weight is 227 g/mol. The maximum absolute atomic E-state index is 4.12. The molecule has 1 heterocycles. The Morgan fingerprint density at radius 2 is 2.00 bits per heavy atom. The summed E-state index contributed by atoms with van der Waals surface area (Å²) in [5, 5.41) is 3.77. The van der Waals surface area contributed by atoms with Gasteiger partial charge in [-0.1, -0.05) is 48.7 Å². The van der Waals surface area contributed by atoms with E-state index in [0.717, 1.165) is 11.6 Å². The highest BCUT2D eigenvalue weighted by Crippen LogP contribution is 2.48. The van der Waals surface area contributed by atoms with Crippen molar-refractivity contribution in [2.45, 2.75) is 11.8 Å². The molecule has 0 atom stereocenters. The molecule has 0 amide bonds. The number of fused-ring (bicyclic) bond motifs is 3. The molecule has 1 nitrogen and oxygen atoms in total. The van der Waals surface area contributed by atoms with Crippen molar-refractivity contribution >= 4 is 28.2 Å². The third-order valence-electron chi connectivity index (χ3n) is 2.99. The van der Waals surface area contributed by atoms with Crippen molar-refractivity contribution in [2.75, 3.05) is 11.4 Å². The van der Waals surface area contributed by atoms with Gasteiger partial charge in [-0.25, -0.2) is 0 Å². The van der Waals surface area contributed by atoms with E-state index in [1.807, 2.05) is 0 Å². The number of rotatable bonds is 1. The Hall–Kier alpha value is -1.41. The summed E-state index contributed by atoms with van der Waals surface area (Å²) in [7, 11) is 0. The van der Waals surface area contributed by atoms with Gasteiger partial charge in [0.25, 0.3) is 0 Å². The Balaban J connectivity index is 2.30. The molecule has 0 aromatic heterocycles. The summed E-state index contributed by atoms with van der Waals surface area (Å²) in [5.74, 6) is 0. The van der Waals surface area contributed by atoms with E-state index < -0.39 is 0 Å². The molecule has 2 aromatic carbocycles. The van der Waals surface area contributed by atoms with Crippen LogP contribution in [0.5, 0.6) is 0 Å². The quantitative estimate of drug-likeness (QED) is 0.716. The van der Waals surface area contributed by atoms with E-state index in [4.69, 9.17) is 0 Å². The van der Waals surface area contributed by atoms with Crippen LogP contribution in [0, 0.1) is 0 Å². The highest BCUT2D eigenvalue weighted by Gasteiger charge is 2.23. The minimum absolute atomic E-state index is 0.983. The minimum Gasteiger partial charge on any atom is -0.336 e. The van der Waals surface area contributed by atoms with Crippen molar-refractivity contribution in [3.8, 4) is 0 Å². The van der Waals surface area contributed by atoms with Crippen molar-refractivity contribution in [2.24, 2.45) is 0 Å². The minimum atomic E-state index is 0.983. The fourth-order valence-electron chi connectivity index (χ4n) is 2.21. The van der Waals surface area contributed by atoms with Gasteiger partial charge in [0.2, 0.25) is 0 Å². The van der Waals surface area contributed by atoms with Gasteiger partial charge < -0.3 is 4.90 Å². The predicted molar refractivity (Wildman–Crippen MR) is 72.0 cm³/mol. The molecule has 1 aliphatic rings. The number of nitrogens with zero attached hydrogens (tertiary/aromatic N) is 1. The van der Waals surface area contributed by atoms with E-state index in [2.05, 4.69) is 54.8 Å². The topological polar surface area (TPSA) is 3.24 Å². The van der Waals surface area contributed by atoms with Gasteiger partial charge in [0, 0.05) is 11.4 Å². The zero-order valence-electron chi connectivity index (χ0n) is 9.23. The second kappa shape index (κ2) is 3.56. The molecule has 0 unspecified atom stereocenters. The predicted octanol–water partition coefficient (Wildman–Crippen LogP) is 4.24. The molecule has 3 rings (SSSR count). The van der Waals surface area contributed by atoms with Gasteiger partial charge in [-0.2, -0.15) is 0 Å². The maximum Gasteiger partial charge on any atom is 0.0728 e. The number of benzene rings is 2. The summed E-state index contributed by atoms with van der Waals surface area (Å²) in [5.41, 5.74) is 1.30. The van der Waals surface area contributed by atoms with Crippen LogP contribution in [0.3, 0.4) is 0 Å². The van der Waals surface area contributed by atoms with Crippen LogP contribution in [0.15, 0.2) is 52.9 Å². The van der Waals surface area contributed by atoms with Gasteiger partial charge in [-0.15, -0.1) is 0 Å². The largest absolute Gasteiger partial charge is 0.336 e. The third-order valence-corrected chi connectivity index (χ3v) is 4.08. The van der Waals surface area contributed by atoms with E-state index in [9.17, 15) is 0 Å². The highest BCUT2D eigenvalue weighted by molar-refractivity contribution is 8.04. The lowest BCUT2D eigenvalue weighted by Crippen LogP contribution is -2.15. The standard InChI is InChI=1S/C14H13NS/c1-3-15-10(2)16-14-12-7-5-4-6-11(12)8-9-13(14)15/h4-9H,2-3H2,1H3. The van der Waals surface area contributed by atoms with E-state index in [-0.39, 0.29) is 0 Å². The van der Waals surface area contributed by atoms with E-state index in [0.29, 0.717) is 0 Å². The summed E-state index contributed by atoms with van der Waals surface area (Å²) in [4.78, 5) is 3.62. The molecular weight excluding hydrogens is 214 g/mol. The van der Waals surface area contributed by atoms with Crippen LogP contribution in [-0.2, 0) is 0 Å². The van der Waals surface area contributed by atoms with Crippen LogP contribution in [0.2, 0.25) is 0 Å².